The predicted molar refractivity (Wildman–Crippen MR) is 45.7 cm³/mol. The largest absolute Gasteiger partial charge is 0.395 e. The number of rotatable bonds is 3. The number of amides is 1. The molecule has 70 valence electrons. The van der Waals surface area contributed by atoms with E-state index >= 15 is 0 Å². The Morgan fingerprint density at radius 3 is 3.08 bits per heavy atom. The van der Waals surface area contributed by atoms with E-state index in [1.807, 2.05) is 6.92 Å². The second-order valence-corrected chi connectivity index (χ2v) is 3.29. The SMILES string of the molecule is CC(CO)NC1CCC(=O)NC1. The van der Waals surface area contributed by atoms with E-state index in [9.17, 15) is 4.79 Å². The number of piperidine rings is 1. The Balaban J connectivity index is 2.21. The highest BCUT2D eigenvalue weighted by Crippen LogP contribution is 2.03. The smallest absolute Gasteiger partial charge is 0.220 e. The molecule has 1 fully saturated rings. The van der Waals surface area contributed by atoms with Gasteiger partial charge in [0.2, 0.25) is 5.91 Å². The van der Waals surface area contributed by atoms with Crippen LogP contribution in [0.5, 0.6) is 0 Å². The van der Waals surface area contributed by atoms with Gasteiger partial charge in [0.05, 0.1) is 6.61 Å². The molecule has 2 unspecified atom stereocenters. The van der Waals surface area contributed by atoms with Crippen molar-refractivity contribution in [3.63, 3.8) is 0 Å². The second-order valence-electron chi connectivity index (χ2n) is 3.29. The van der Waals surface area contributed by atoms with Crippen molar-refractivity contribution in [1.82, 2.24) is 10.6 Å². The lowest BCUT2D eigenvalue weighted by molar-refractivity contribution is -0.122. The summed E-state index contributed by atoms with van der Waals surface area (Å²) in [4.78, 5) is 10.8. The van der Waals surface area contributed by atoms with E-state index in [4.69, 9.17) is 5.11 Å². The maximum Gasteiger partial charge on any atom is 0.220 e. The Morgan fingerprint density at radius 2 is 2.58 bits per heavy atom. The number of carbonyl (C=O) groups excluding carboxylic acids is 1. The molecule has 0 aromatic heterocycles. The summed E-state index contributed by atoms with van der Waals surface area (Å²) in [6.45, 7) is 2.75. The monoisotopic (exact) mass is 172 g/mol. The van der Waals surface area contributed by atoms with E-state index in [-0.39, 0.29) is 18.6 Å². The van der Waals surface area contributed by atoms with Crippen LogP contribution in [0.2, 0.25) is 0 Å². The predicted octanol–water partition coefficient (Wildman–Crippen LogP) is -0.765. The Labute approximate surface area is 72.3 Å². The summed E-state index contributed by atoms with van der Waals surface area (Å²) in [5.74, 6) is 0.129. The molecule has 0 radical (unpaired) electrons. The van der Waals surface area contributed by atoms with Crippen molar-refractivity contribution in [3.8, 4) is 0 Å². The number of aliphatic hydroxyl groups is 1. The molecular formula is C8H16N2O2. The summed E-state index contributed by atoms with van der Waals surface area (Å²) < 4.78 is 0. The van der Waals surface area contributed by atoms with Crippen molar-refractivity contribution in [2.75, 3.05) is 13.2 Å². The number of aliphatic hydroxyl groups excluding tert-OH is 1. The average molecular weight is 172 g/mol. The van der Waals surface area contributed by atoms with E-state index in [2.05, 4.69) is 10.6 Å². The van der Waals surface area contributed by atoms with Gasteiger partial charge >= 0.3 is 0 Å². The van der Waals surface area contributed by atoms with Crippen molar-refractivity contribution < 1.29 is 9.90 Å². The first-order valence-electron chi connectivity index (χ1n) is 4.36. The summed E-state index contributed by atoms with van der Waals surface area (Å²) >= 11 is 0. The third kappa shape index (κ3) is 2.79. The summed E-state index contributed by atoms with van der Waals surface area (Å²) in [5, 5.41) is 14.8. The molecule has 2 atom stereocenters. The second kappa shape index (κ2) is 4.42. The van der Waals surface area contributed by atoms with Gasteiger partial charge in [-0.15, -0.1) is 0 Å². The highest BCUT2D eigenvalue weighted by molar-refractivity contribution is 5.76. The van der Waals surface area contributed by atoms with Crippen LogP contribution in [0.1, 0.15) is 19.8 Å². The minimum atomic E-state index is 0.116. The fourth-order valence-electron chi connectivity index (χ4n) is 1.33. The topological polar surface area (TPSA) is 61.4 Å². The summed E-state index contributed by atoms with van der Waals surface area (Å²) in [5.41, 5.74) is 0. The van der Waals surface area contributed by atoms with Gasteiger partial charge in [0.15, 0.2) is 0 Å². The molecule has 1 aliphatic heterocycles. The van der Waals surface area contributed by atoms with Crippen molar-refractivity contribution in [2.45, 2.75) is 31.8 Å². The fourth-order valence-corrected chi connectivity index (χ4v) is 1.33. The molecule has 4 heteroatoms. The number of hydrogen-bond donors (Lipinski definition) is 3. The molecule has 1 rings (SSSR count). The first-order chi connectivity index (χ1) is 5.72. The zero-order valence-corrected chi connectivity index (χ0v) is 7.34. The van der Waals surface area contributed by atoms with Crippen LogP contribution in [0.25, 0.3) is 0 Å². The maximum absolute atomic E-state index is 10.8. The zero-order valence-electron chi connectivity index (χ0n) is 7.34. The Kier molecular flexibility index (Phi) is 3.49. The number of nitrogens with one attached hydrogen (secondary N) is 2. The van der Waals surface area contributed by atoms with Crippen LogP contribution in [0.4, 0.5) is 0 Å². The lowest BCUT2D eigenvalue weighted by atomic mass is 10.1. The van der Waals surface area contributed by atoms with E-state index < -0.39 is 0 Å². The van der Waals surface area contributed by atoms with E-state index in [0.29, 0.717) is 19.0 Å². The van der Waals surface area contributed by atoms with Gasteiger partial charge in [0.25, 0.3) is 0 Å². The van der Waals surface area contributed by atoms with E-state index in [1.165, 1.54) is 0 Å². The molecule has 0 aromatic carbocycles. The van der Waals surface area contributed by atoms with Crippen LogP contribution >= 0.6 is 0 Å². The minimum absolute atomic E-state index is 0.116. The Bertz CT molecular complexity index is 151. The summed E-state index contributed by atoms with van der Waals surface area (Å²) in [7, 11) is 0. The lowest BCUT2D eigenvalue weighted by Gasteiger charge is -2.26. The van der Waals surface area contributed by atoms with E-state index in [0.717, 1.165) is 6.42 Å². The summed E-state index contributed by atoms with van der Waals surface area (Å²) in [6.07, 6.45) is 1.46. The third-order valence-corrected chi connectivity index (χ3v) is 2.06. The molecular weight excluding hydrogens is 156 g/mol. The van der Waals surface area contributed by atoms with Gasteiger partial charge in [-0.25, -0.2) is 0 Å². The van der Waals surface area contributed by atoms with Crippen molar-refractivity contribution in [1.29, 1.82) is 0 Å². The molecule has 0 spiro atoms. The minimum Gasteiger partial charge on any atom is -0.395 e. The normalized spacial score (nSPS) is 26.5. The highest BCUT2D eigenvalue weighted by atomic mass is 16.3. The van der Waals surface area contributed by atoms with Crippen LogP contribution in [-0.2, 0) is 4.79 Å². The highest BCUT2D eigenvalue weighted by Gasteiger charge is 2.18. The van der Waals surface area contributed by atoms with E-state index in [1.54, 1.807) is 0 Å². The molecule has 1 amide bonds. The van der Waals surface area contributed by atoms with Gasteiger partial charge in [-0.2, -0.15) is 0 Å². The molecule has 1 aliphatic rings. The maximum atomic E-state index is 10.8. The fraction of sp³-hybridized carbons (Fsp3) is 0.875. The molecule has 12 heavy (non-hydrogen) atoms. The molecule has 1 saturated heterocycles. The van der Waals surface area contributed by atoms with Crippen LogP contribution in [-0.4, -0.2) is 36.2 Å². The molecule has 4 nitrogen and oxygen atoms in total. The zero-order chi connectivity index (χ0) is 8.97. The number of hydrogen-bond acceptors (Lipinski definition) is 3. The van der Waals surface area contributed by atoms with Crippen LogP contribution in [0, 0.1) is 0 Å². The van der Waals surface area contributed by atoms with Crippen LogP contribution in [0.15, 0.2) is 0 Å². The standard InChI is InChI=1S/C8H16N2O2/c1-6(5-11)10-7-2-3-8(12)9-4-7/h6-7,10-11H,2-5H2,1H3,(H,9,12). The number of carbonyl (C=O) groups is 1. The van der Waals surface area contributed by atoms with Crippen molar-refractivity contribution in [3.05, 3.63) is 0 Å². The molecule has 0 aliphatic carbocycles. The molecule has 0 bridgehead atoms. The quantitative estimate of drug-likeness (QED) is 0.524. The van der Waals surface area contributed by atoms with Crippen LogP contribution in [0.3, 0.4) is 0 Å². The first kappa shape index (κ1) is 9.48. The lowest BCUT2D eigenvalue weighted by Crippen LogP contribution is -2.49. The van der Waals surface area contributed by atoms with Crippen LogP contribution < -0.4 is 10.6 Å². The average Bonchev–Trinajstić information content (AvgIpc) is 2.09. The van der Waals surface area contributed by atoms with Gasteiger partial charge in [-0.1, -0.05) is 0 Å². The van der Waals surface area contributed by atoms with Gasteiger partial charge < -0.3 is 15.7 Å². The Hall–Kier alpha value is -0.610. The molecule has 3 N–H and O–H groups in total. The van der Waals surface area contributed by atoms with Crippen molar-refractivity contribution >= 4 is 5.91 Å². The summed E-state index contributed by atoms with van der Waals surface area (Å²) in [6, 6.07) is 0.440. The molecule has 1 heterocycles. The Morgan fingerprint density at radius 1 is 1.83 bits per heavy atom. The first-order valence-corrected chi connectivity index (χ1v) is 4.36. The van der Waals surface area contributed by atoms with Gasteiger partial charge in [0, 0.05) is 25.0 Å². The molecule has 0 aromatic rings. The van der Waals surface area contributed by atoms with Gasteiger partial charge in [-0.3, -0.25) is 4.79 Å². The van der Waals surface area contributed by atoms with Crippen molar-refractivity contribution in [2.24, 2.45) is 0 Å². The van der Waals surface area contributed by atoms with Gasteiger partial charge in [-0.05, 0) is 13.3 Å². The third-order valence-electron chi connectivity index (χ3n) is 2.06. The molecule has 0 saturated carbocycles. The van der Waals surface area contributed by atoms with Gasteiger partial charge in [0.1, 0.15) is 0 Å².